The maximum atomic E-state index is 13.9. The van der Waals surface area contributed by atoms with E-state index in [4.69, 9.17) is 9.26 Å². The number of hydrogen-bond donors (Lipinski definition) is 1. The molecule has 0 amide bonds. The summed E-state index contributed by atoms with van der Waals surface area (Å²) in [7, 11) is -2.45. The third-order valence-corrected chi connectivity index (χ3v) is 7.33. The Hall–Kier alpha value is -2.68. The van der Waals surface area contributed by atoms with Crippen LogP contribution in [0.4, 0.5) is 5.82 Å². The van der Waals surface area contributed by atoms with E-state index in [2.05, 4.69) is 12.1 Å². The zero-order valence-electron chi connectivity index (χ0n) is 19.0. The van der Waals surface area contributed by atoms with Crippen LogP contribution in [0.2, 0.25) is 0 Å². The lowest BCUT2D eigenvalue weighted by molar-refractivity contribution is 0.208. The van der Waals surface area contributed by atoms with E-state index in [0.717, 1.165) is 29.5 Å². The minimum atomic E-state index is -3.98. The van der Waals surface area contributed by atoms with Gasteiger partial charge in [0.05, 0.1) is 24.7 Å². The first-order valence-corrected chi connectivity index (χ1v) is 12.1. The quantitative estimate of drug-likeness (QED) is 0.488. The third-order valence-electron chi connectivity index (χ3n) is 5.48. The van der Waals surface area contributed by atoms with Crippen molar-refractivity contribution < 1.29 is 22.8 Å². The molecule has 7 nitrogen and oxygen atoms in total. The number of sulfonamides is 1. The second-order valence-corrected chi connectivity index (χ2v) is 9.48. The first-order chi connectivity index (χ1) is 15.3. The molecule has 8 heteroatoms. The maximum Gasteiger partial charge on any atom is 0.266 e. The smallest absolute Gasteiger partial charge is 0.266 e. The van der Waals surface area contributed by atoms with Crippen molar-refractivity contribution in [3.8, 4) is 11.1 Å². The van der Waals surface area contributed by atoms with Crippen molar-refractivity contribution in [2.75, 3.05) is 24.6 Å². The molecule has 0 unspecified atom stereocenters. The van der Waals surface area contributed by atoms with Crippen molar-refractivity contribution in [3.63, 3.8) is 0 Å². The zero-order valence-corrected chi connectivity index (χ0v) is 19.8. The molecule has 0 saturated carbocycles. The second kappa shape index (κ2) is 10.3. The number of aromatic nitrogens is 1. The van der Waals surface area contributed by atoms with Gasteiger partial charge in [0.25, 0.3) is 10.0 Å². The van der Waals surface area contributed by atoms with Crippen LogP contribution in [0, 0.1) is 13.8 Å². The predicted octanol–water partition coefficient (Wildman–Crippen LogP) is 4.24. The van der Waals surface area contributed by atoms with Gasteiger partial charge in [-0.15, -0.1) is 0 Å². The van der Waals surface area contributed by atoms with Gasteiger partial charge < -0.3 is 14.4 Å². The van der Waals surface area contributed by atoms with Crippen molar-refractivity contribution in [2.24, 2.45) is 0 Å². The van der Waals surface area contributed by atoms with Crippen LogP contribution in [0.3, 0.4) is 0 Å². The van der Waals surface area contributed by atoms with Crippen LogP contribution in [0.25, 0.3) is 11.1 Å². The minimum Gasteiger partial charge on any atom is -0.392 e. The van der Waals surface area contributed by atoms with E-state index in [1.165, 1.54) is 11.4 Å². The number of rotatable bonds is 10. The van der Waals surface area contributed by atoms with E-state index in [1.54, 1.807) is 26.0 Å². The number of benzene rings is 2. The molecule has 1 heterocycles. The average molecular weight is 459 g/mol. The summed E-state index contributed by atoms with van der Waals surface area (Å²) in [6.45, 7) is 5.85. The van der Waals surface area contributed by atoms with Crippen LogP contribution in [-0.2, 0) is 27.8 Å². The molecule has 1 N–H and O–H groups in total. The highest BCUT2D eigenvalue weighted by Crippen LogP contribution is 2.35. The topological polar surface area (TPSA) is 92.9 Å². The Balaban J connectivity index is 2.19. The lowest BCUT2D eigenvalue weighted by atomic mass is 9.95. The summed E-state index contributed by atoms with van der Waals surface area (Å²) in [5, 5.41) is 13.6. The van der Waals surface area contributed by atoms with Crippen LogP contribution in [0.1, 0.15) is 35.8 Å². The fourth-order valence-corrected chi connectivity index (χ4v) is 5.33. The van der Waals surface area contributed by atoms with Crippen LogP contribution >= 0.6 is 0 Å². The van der Waals surface area contributed by atoms with Crippen molar-refractivity contribution in [2.45, 2.75) is 45.1 Å². The average Bonchev–Trinajstić information content (AvgIpc) is 3.12. The van der Waals surface area contributed by atoms with Crippen LogP contribution in [0.15, 0.2) is 51.9 Å². The Labute approximate surface area is 189 Å². The Morgan fingerprint density at radius 1 is 1.12 bits per heavy atom. The molecule has 0 aliphatic carbocycles. The Morgan fingerprint density at radius 2 is 1.88 bits per heavy atom. The normalized spacial score (nSPS) is 11.7. The van der Waals surface area contributed by atoms with Gasteiger partial charge in [-0.05, 0) is 43.0 Å². The molecule has 3 rings (SSSR count). The van der Waals surface area contributed by atoms with E-state index in [-0.39, 0.29) is 30.5 Å². The van der Waals surface area contributed by atoms with Crippen molar-refractivity contribution in [3.05, 3.63) is 64.9 Å². The number of hydrogen-bond acceptors (Lipinski definition) is 6. The SMILES string of the molecule is CCCc1cc(CO)ccc1-c1ccccc1S(=O)(=O)N(CCOC)c1noc(C)c1C. The monoisotopic (exact) mass is 458 g/mol. The van der Waals surface area contributed by atoms with Crippen molar-refractivity contribution in [1.82, 2.24) is 5.16 Å². The zero-order chi connectivity index (χ0) is 23.3. The number of aliphatic hydroxyl groups excluding tert-OH is 1. The fraction of sp³-hybridized carbons (Fsp3) is 0.375. The summed E-state index contributed by atoms with van der Waals surface area (Å²) in [6, 6.07) is 12.6. The molecule has 0 fully saturated rings. The van der Waals surface area contributed by atoms with Crippen LogP contribution in [-0.4, -0.2) is 38.9 Å². The second-order valence-electron chi connectivity index (χ2n) is 7.65. The highest BCUT2D eigenvalue weighted by molar-refractivity contribution is 7.93. The molecule has 1 aromatic heterocycles. The summed E-state index contributed by atoms with van der Waals surface area (Å²) < 4.78 is 39.6. The van der Waals surface area contributed by atoms with E-state index in [0.29, 0.717) is 16.9 Å². The van der Waals surface area contributed by atoms with E-state index in [1.807, 2.05) is 30.3 Å². The Kier molecular flexibility index (Phi) is 7.71. The molecule has 2 aromatic carbocycles. The largest absolute Gasteiger partial charge is 0.392 e. The summed E-state index contributed by atoms with van der Waals surface area (Å²) >= 11 is 0. The van der Waals surface area contributed by atoms with E-state index < -0.39 is 10.0 Å². The summed E-state index contributed by atoms with van der Waals surface area (Å²) in [4.78, 5) is 0.185. The third kappa shape index (κ3) is 4.72. The summed E-state index contributed by atoms with van der Waals surface area (Å²) in [5.41, 5.74) is 3.91. The molecule has 0 atom stereocenters. The van der Waals surface area contributed by atoms with E-state index in [9.17, 15) is 13.5 Å². The lowest BCUT2D eigenvalue weighted by Crippen LogP contribution is -2.35. The molecule has 172 valence electrons. The van der Waals surface area contributed by atoms with Gasteiger partial charge in [-0.2, -0.15) is 0 Å². The van der Waals surface area contributed by atoms with Crippen molar-refractivity contribution in [1.29, 1.82) is 0 Å². The van der Waals surface area contributed by atoms with Gasteiger partial charge in [-0.25, -0.2) is 12.7 Å². The first kappa shape index (κ1) is 24.0. The van der Waals surface area contributed by atoms with E-state index >= 15 is 0 Å². The van der Waals surface area contributed by atoms with Gasteiger partial charge in [0.2, 0.25) is 0 Å². The van der Waals surface area contributed by atoms with Gasteiger partial charge in [0.15, 0.2) is 5.82 Å². The maximum absolute atomic E-state index is 13.9. The summed E-state index contributed by atoms with van der Waals surface area (Å²) in [6.07, 6.45) is 1.67. The minimum absolute atomic E-state index is 0.0630. The number of ether oxygens (including phenoxy) is 1. The molecule has 32 heavy (non-hydrogen) atoms. The molecule has 3 aromatic rings. The number of aryl methyl sites for hydroxylation is 2. The first-order valence-electron chi connectivity index (χ1n) is 10.6. The van der Waals surface area contributed by atoms with Gasteiger partial charge in [-0.3, -0.25) is 0 Å². The number of nitrogens with zero attached hydrogens (tertiary/aromatic N) is 2. The number of aliphatic hydroxyl groups is 1. The molecular weight excluding hydrogens is 428 g/mol. The molecule has 0 spiro atoms. The number of anilines is 1. The standard InChI is InChI=1S/C24H30N2O5S/c1-5-8-20-15-19(16-27)11-12-21(20)22-9-6-7-10-23(22)32(28,29)26(13-14-30-4)24-17(2)18(3)31-25-24/h6-7,9-12,15,27H,5,8,13-14,16H2,1-4H3. The molecule has 0 saturated heterocycles. The highest BCUT2D eigenvalue weighted by atomic mass is 32.2. The van der Waals surface area contributed by atoms with Gasteiger partial charge >= 0.3 is 0 Å². The Bertz CT molecular complexity index is 1170. The molecule has 0 bridgehead atoms. The molecular formula is C24H30N2O5S. The number of methoxy groups -OCH3 is 1. The fourth-order valence-electron chi connectivity index (χ4n) is 3.67. The molecule has 0 radical (unpaired) electrons. The highest BCUT2D eigenvalue weighted by Gasteiger charge is 2.31. The van der Waals surface area contributed by atoms with Crippen LogP contribution in [0.5, 0.6) is 0 Å². The molecule has 0 aliphatic rings. The van der Waals surface area contributed by atoms with Gasteiger partial charge in [0, 0.05) is 18.2 Å². The van der Waals surface area contributed by atoms with Crippen LogP contribution < -0.4 is 4.31 Å². The Morgan fingerprint density at radius 3 is 2.50 bits per heavy atom. The molecule has 0 aliphatic heterocycles. The summed E-state index contributed by atoms with van der Waals surface area (Å²) in [5.74, 6) is 0.828. The lowest BCUT2D eigenvalue weighted by Gasteiger charge is -2.24. The predicted molar refractivity (Wildman–Crippen MR) is 124 cm³/mol. The van der Waals surface area contributed by atoms with Gasteiger partial charge in [0.1, 0.15) is 5.76 Å². The van der Waals surface area contributed by atoms with Gasteiger partial charge in [-0.1, -0.05) is 54.9 Å². The van der Waals surface area contributed by atoms with Crippen molar-refractivity contribution >= 4 is 15.8 Å².